The number of phenolic OH excluding ortho intramolecular Hbond substituents is 1. The third kappa shape index (κ3) is 2.26. The largest absolute Gasteiger partial charge is 0.508 e. The highest BCUT2D eigenvalue weighted by Gasteiger charge is 2.42. The number of aliphatic hydroxyl groups excluding tert-OH is 1. The predicted octanol–water partition coefficient (Wildman–Crippen LogP) is 2.54. The number of hydrogen-bond acceptors (Lipinski definition) is 3. The van der Waals surface area contributed by atoms with E-state index >= 15 is 0 Å². The van der Waals surface area contributed by atoms with E-state index in [0.717, 1.165) is 0 Å². The number of hydrogen-bond donors (Lipinski definition) is 2. The molecule has 0 aliphatic carbocycles. The van der Waals surface area contributed by atoms with Gasteiger partial charge in [0.05, 0.1) is 22.6 Å². The monoisotopic (exact) mass is 315 g/mol. The number of halogens is 2. The van der Waals surface area contributed by atoms with Gasteiger partial charge in [-0.3, -0.25) is 4.79 Å². The molecule has 0 bridgehead atoms. The summed E-state index contributed by atoms with van der Waals surface area (Å²) in [5.74, 6) is 0.0339. The summed E-state index contributed by atoms with van der Waals surface area (Å²) in [6.45, 7) is 0.518. The fourth-order valence-corrected chi connectivity index (χ4v) is 3.79. The zero-order valence-corrected chi connectivity index (χ0v) is 12.2. The van der Waals surface area contributed by atoms with Crippen LogP contribution >= 0.6 is 23.2 Å². The zero-order valence-electron chi connectivity index (χ0n) is 10.7. The number of benzene rings is 1. The lowest BCUT2D eigenvalue weighted by molar-refractivity contribution is -0.138. The van der Waals surface area contributed by atoms with Crippen molar-refractivity contribution < 1.29 is 15.0 Å². The Morgan fingerprint density at radius 1 is 1.25 bits per heavy atom. The fourth-order valence-electron chi connectivity index (χ4n) is 3.32. The van der Waals surface area contributed by atoms with Crippen molar-refractivity contribution >= 4 is 29.1 Å². The van der Waals surface area contributed by atoms with Gasteiger partial charge in [-0.15, -0.1) is 0 Å². The van der Waals surface area contributed by atoms with E-state index in [1.54, 1.807) is 11.0 Å². The molecule has 20 heavy (non-hydrogen) atoms. The van der Waals surface area contributed by atoms with Crippen molar-refractivity contribution in [2.75, 3.05) is 6.54 Å². The van der Waals surface area contributed by atoms with Gasteiger partial charge in [-0.05, 0) is 25.0 Å². The molecule has 1 aromatic rings. The van der Waals surface area contributed by atoms with Gasteiger partial charge < -0.3 is 15.1 Å². The van der Waals surface area contributed by atoms with E-state index in [2.05, 4.69) is 0 Å². The number of aliphatic hydroxyl groups is 1. The Kier molecular flexibility index (Phi) is 3.56. The number of piperidine rings is 1. The quantitative estimate of drug-likeness (QED) is 0.837. The van der Waals surface area contributed by atoms with E-state index in [9.17, 15) is 15.0 Å². The van der Waals surface area contributed by atoms with Crippen LogP contribution in [-0.4, -0.2) is 39.7 Å². The van der Waals surface area contributed by atoms with Gasteiger partial charge in [0.1, 0.15) is 5.75 Å². The van der Waals surface area contributed by atoms with Crippen LogP contribution < -0.4 is 0 Å². The van der Waals surface area contributed by atoms with Gasteiger partial charge in [0.25, 0.3) is 0 Å². The van der Waals surface area contributed by atoms with Gasteiger partial charge >= 0.3 is 0 Å². The number of nitrogens with zero attached hydrogens (tertiary/aromatic N) is 1. The molecule has 0 saturated carbocycles. The van der Waals surface area contributed by atoms with Gasteiger partial charge in [0.15, 0.2) is 0 Å². The molecule has 1 amide bonds. The maximum Gasteiger partial charge on any atom is 0.225 e. The topological polar surface area (TPSA) is 60.8 Å². The molecule has 2 aliphatic heterocycles. The van der Waals surface area contributed by atoms with Crippen LogP contribution in [0.25, 0.3) is 0 Å². The van der Waals surface area contributed by atoms with Crippen molar-refractivity contribution in [1.29, 1.82) is 0 Å². The van der Waals surface area contributed by atoms with E-state index in [1.807, 2.05) is 0 Å². The van der Waals surface area contributed by atoms with E-state index in [0.29, 0.717) is 35.0 Å². The molecule has 2 aliphatic rings. The Morgan fingerprint density at radius 2 is 2.00 bits per heavy atom. The van der Waals surface area contributed by atoms with Gasteiger partial charge in [-0.2, -0.15) is 0 Å². The standard InChI is InChI=1S/C14H15Cl2NO3/c15-10-1-2-11(19)13(14(10)16)7-3-8-4-9(18)5-12(20)17(8)6-7/h1-2,7-9,18-19H,3-6H2/t7-,8-,9+/m0/s1. The molecule has 3 atom stereocenters. The second kappa shape index (κ2) is 5.10. The first-order valence-electron chi connectivity index (χ1n) is 6.61. The number of carbonyl (C=O) groups is 1. The normalized spacial score (nSPS) is 29.6. The summed E-state index contributed by atoms with van der Waals surface area (Å²) in [7, 11) is 0. The highest BCUT2D eigenvalue weighted by molar-refractivity contribution is 6.42. The lowest BCUT2D eigenvalue weighted by Gasteiger charge is -2.32. The number of carbonyl (C=O) groups excluding carboxylic acids is 1. The van der Waals surface area contributed by atoms with E-state index in [4.69, 9.17) is 23.2 Å². The molecule has 0 unspecified atom stereocenters. The summed E-state index contributed by atoms with van der Waals surface area (Å²) in [6.07, 6.45) is 0.890. The third-order valence-electron chi connectivity index (χ3n) is 4.21. The molecule has 3 rings (SSSR count). The van der Waals surface area contributed by atoms with E-state index in [1.165, 1.54) is 6.07 Å². The van der Waals surface area contributed by atoms with Gasteiger partial charge in [-0.1, -0.05) is 23.2 Å². The van der Waals surface area contributed by atoms with Crippen molar-refractivity contribution in [3.63, 3.8) is 0 Å². The highest BCUT2D eigenvalue weighted by Crippen LogP contribution is 2.44. The van der Waals surface area contributed by atoms with Crippen molar-refractivity contribution in [2.24, 2.45) is 0 Å². The molecule has 108 valence electrons. The molecular formula is C14H15Cl2NO3. The van der Waals surface area contributed by atoms with E-state index in [-0.39, 0.29) is 30.0 Å². The summed E-state index contributed by atoms with van der Waals surface area (Å²) in [4.78, 5) is 13.7. The molecule has 1 aromatic carbocycles. The highest BCUT2D eigenvalue weighted by atomic mass is 35.5. The molecule has 2 N–H and O–H groups in total. The second-order valence-corrected chi connectivity index (χ2v) is 6.31. The molecule has 0 spiro atoms. The van der Waals surface area contributed by atoms with Gasteiger partial charge in [0.2, 0.25) is 5.91 Å². The first-order chi connectivity index (χ1) is 9.47. The summed E-state index contributed by atoms with van der Waals surface area (Å²) in [5.41, 5.74) is 0.607. The van der Waals surface area contributed by atoms with Crippen molar-refractivity contribution in [2.45, 2.75) is 37.3 Å². The van der Waals surface area contributed by atoms with Crippen LogP contribution in [-0.2, 0) is 4.79 Å². The Hall–Kier alpha value is -0.970. The molecule has 2 heterocycles. The molecule has 2 saturated heterocycles. The van der Waals surface area contributed by atoms with Gasteiger partial charge in [0, 0.05) is 24.1 Å². The van der Waals surface area contributed by atoms with E-state index < -0.39 is 6.10 Å². The first kappa shape index (κ1) is 14.0. The van der Waals surface area contributed by atoms with Crippen LogP contribution in [0, 0.1) is 0 Å². The Bertz CT molecular complexity index is 564. The molecule has 0 radical (unpaired) electrons. The summed E-state index contributed by atoms with van der Waals surface area (Å²) >= 11 is 12.2. The first-order valence-corrected chi connectivity index (χ1v) is 7.37. The average Bonchev–Trinajstić information content (AvgIpc) is 2.78. The Morgan fingerprint density at radius 3 is 2.75 bits per heavy atom. The van der Waals surface area contributed by atoms with Crippen LogP contribution in [0.2, 0.25) is 10.0 Å². The average molecular weight is 316 g/mol. The number of aromatic hydroxyl groups is 1. The molecular weight excluding hydrogens is 301 g/mol. The molecule has 4 nitrogen and oxygen atoms in total. The third-order valence-corrected chi connectivity index (χ3v) is 5.03. The minimum atomic E-state index is -0.564. The minimum absolute atomic E-state index is 0.0192. The number of rotatable bonds is 1. The molecule has 0 aromatic heterocycles. The van der Waals surface area contributed by atoms with Crippen LogP contribution in [0.4, 0.5) is 0 Å². The number of fused-ring (bicyclic) bond motifs is 1. The number of amides is 1. The van der Waals surface area contributed by atoms with Crippen molar-refractivity contribution in [3.05, 3.63) is 27.7 Å². The second-order valence-electron chi connectivity index (χ2n) is 5.52. The fraction of sp³-hybridized carbons (Fsp3) is 0.500. The zero-order chi connectivity index (χ0) is 14.4. The predicted molar refractivity (Wildman–Crippen MR) is 76.2 cm³/mol. The summed E-state index contributed by atoms with van der Waals surface area (Å²) < 4.78 is 0. The van der Waals surface area contributed by atoms with Crippen molar-refractivity contribution in [3.8, 4) is 5.75 Å². The molecule has 2 fully saturated rings. The Labute approximate surface area is 126 Å². The van der Waals surface area contributed by atoms with Crippen molar-refractivity contribution in [1.82, 2.24) is 4.90 Å². The minimum Gasteiger partial charge on any atom is -0.508 e. The SMILES string of the molecule is O=C1C[C@H](O)C[C@@H]2C[C@H](c3c(O)ccc(Cl)c3Cl)CN12. The van der Waals surface area contributed by atoms with Crippen LogP contribution in [0.15, 0.2) is 12.1 Å². The van der Waals surface area contributed by atoms with Crippen LogP contribution in [0.1, 0.15) is 30.7 Å². The smallest absolute Gasteiger partial charge is 0.225 e. The van der Waals surface area contributed by atoms with Crippen LogP contribution in [0.3, 0.4) is 0 Å². The summed E-state index contributed by atoms with van der Waals surface area (Å²) in [5, 5.41) is 20.5. The maximum atomic E-state index is 11.9. The molecule has 6 heteroatoms. The lowest BCUT2D eigenvalue weighted by Crippen LogP contribution is -2.44. The van der Waals surface area contributed by atoms with Gasteiger partial charge in [-0.25, -0.2) is 0 Å². The summed E-state index contributed by atoms with van der Waals surface area (Å²) in [6, 6.07) is 3.10. The Balaban J connectivity index is 1.91. The lowest BCUT2D eigenvalue weighted by atomic mass is 9.92. The number of phenols is 1. The maximum absolute atomic E-state index is 11.9. The van der Waals surface area contributed by atoms with Crippen LogP contribution in [0.5, 0.6) is 5.75 Å².